The van der Waals surface area contributed by atoms with Crippen LogP contribution in [0.15, 0.2) is 35.2 Å². The molecule has 0 heterocycles. The summed E-state index contributed by atoms with van der Waals surface area (Å²) in [4.78, 5) is 0.355. The highest BCUT2D eigenvalue weighted by Gasteiger charge is 2.19. The lowest BCUT2D eigenvalue weighted by atomic mass is 10.1. The van der Waals surface area contributed by atoms with Gasteiger partial charge in [0.25, 0.3) is 0 Å². The van der Waals surface area contributed by atoms with Crippen molar-refractivity contribution in [3.63, 3.8) is 0 Å². The lowest BCUT2D eigenvalue weighted by Crippen LogP contribution is -2.28. The van der Waals surface area contributed by atoms with Crippen LogP contribution in [0.3, 0.4) is 0 Å². The molecule has 0 radical (unpaired) electrons. The largest absolute Gasteiger partial charge is 0.240 e. The van der Waals surface area contributed by atoms with E-state index in [2.05, 4.69) is 4.72 Å². The number of hydrogen-bond donors (Lipinski definition) is 1. The van der Waals surface area contributed by atoms with Gasteiger partial charge in [0.2, 0.25) is 10.0 Å². The molecule has 0 unspecified atom stereocenters. The molecule has 0 amide bonds. The fourth-order valence-electron chi connectivity index (χ4n) is 2.13. The summed E-state index contributed by atoms with van der Waals surface area (Å²) in [7, 11) is -3.30. The number of nitrogens with one attached hydrogen (secondary N) is 1. The summed E-state index contributed by atoms with van der Waals surface area (Å²) in [6, 6.07) is 8.54. The standard InChI is InChI=1S/C12H17NO2S/c14-16(15,12-8-2-1-3-9-12)13-10-11-6-4-5-7-11/h1-3,8-9,11,13H,4-7,10H2. The van der Waals surface area contributed by atoms with E-state index in [-0.39, 0.29) is 0 Å². The molecular formula is C12H17NO2S. The number of benzene rings is 1. The summed E-state index contributed by atoms with van der Waals surface area (Å²) in [5.41, 5.74) is 0. The Hall–Kier alpha value is -0.870. The molecule has 0 bridgehead atoms. The molecule has 88 valence electrons. The second-order valence-corrected chi connectivity index (χ2v) is 6.08. The van der Waals surface area contributed by atoms with Gasteiger partial charge in [0, 0.05) is 6.54 Å². The zero-order valence-electron chi connectivity index (χ0n) is 9.22. The minimum absolute atomic E-state index is 0.355. The third kappa shape index (κ3) is 2.83. The molecule has 0 spiro atoms. The van der Waals surface area contributed by atoms with Crippen LogP contribution in [0.25, 0.3) is 0 Å². The van der Waals surface area contributed by atoms with Crippen molar-refractivity contribution in [3.8, 4) is 0 Å². The molecule has 1 fully saturated rings. The van der Waals surface area contributed by atoms with Crippen LogP contribution in [0.2, 0.25) is 0 Å². The topological polar surface area (TPSA) is 46.2 Å². The zero-order chi connectivity index (χ0) is 11.4. The van der Waals surface area contributed by atoms with Crippen LogP contribution in [0.4, 0.5) is 0 Å². The zero-order valence-corrected chi connectivity index (χ0v) is 10.0. The van der Waals surface area contributed by atoms with Crippen molar-refractivity contribution < 1.29 is 8.42 Å². The Labute approximate surface area is 96.9 Å². The monoisotopic (exact) mass is 239 g/mol. The van der Waals surface area contributed by atoms with E-state index in [4.69, 9.17) is 0 Å². The molecule has 1 N–H and O–H groups in total. The normalized spacial score (nSPS) is 17.8. The van der Waals surface area contributed by atoms with E-state index in [1.165, 1.54) is 12.8 Å². The Balaban J connectivity index is 1.98. The predicted molar refractivity (Wildman–Crippen MR) is 63.6 cm³/mol. The summed E-state index contributed by atoms with van der Waals surface area (Å²) in [6.45, 7) is 0.581. The molecule has 3 nitrogen and oxygen atoms in total. The van der Waals surface area contributed by atoms with Gasteiger partial charge in [-0.1, -0.05) is 31.0 Å². The quantitative estimate of drug-likeness (QED) is 0.875. The molecule has 4 heteroatoms. The number of sulfonamides is 1. The van der Waals surface area contributed by atoms with Gasteiger partial charge in [0.1, 0.15) is 0 Å². The first-order valence-electron chi connectivity index (χ1n) is 5.73. The summed E-state index contributed by atoms with van der Waals surface area (Å²) in [5, 5.41) is 0. The second-order valence-electron chi connectivity index (χ2n) is 4.32. The van der Waals surface area contributed by atoms with Gasteiger partial charge >= 0.3 is 0 Å². The van der Waals surface area contributed by atoms with Crippen LogP contribution in [-0.4, -0.2) is 15.0 Å². The summed E-state index contributed by atoms with van der Waals surface area (Å²) < 4.78 is 26.4. The van der Waals surface area contributed by atoms with E-state index < -0.39 is 10.0 Å². The molecule has 1 saturated carbocycles. The first-order chi connectivity index (χ1) is 7.68. The summed E-state index contributed by atoms with van der Waals surface area (Å²) in [5.74, 6) is 0.526. The molecule has 1 aromatic rings. The lowest BCUT2D eigenvalue weighted by molar-refractivity contribution is 0.519. The maximum Gasteiger partial charge on any atom is 0.240 e. The van der Waals surface area contributed by atoms with Crippen LogP contribution in [0.5, 0.6) is 0 Å². The molecule has 0 atom stereocenters. The minimum atomic E-state index is -3.30. The molecule has 1 aliphatic rings. The Morgan fingerprint density at radius 2 is 1.75 bits per heavy atom. The molecule has 0 aromatic heterocycles. The average molecular weight is 239 g/mol. The highest BCUT2D eigenvalue weighted by Crippen LogP contribution is 2.24. The average Bonchev–Trinajstić information content (AvgIpc) is 2.81. The molecule has 0 saturated heterocycles. The Morgan fingerprint density at radius 1 is 1.12 bits per heavy atom. The van der Waals surface area contributed by atoms with E-state index in [1.54, 1.807) is 24.3 Å². The number of rotatable bonds is 4. The van der Waals surface area contributed by atoms with E-state index in [9.17, 15) is 8.42 Å². The first-order valence-corrected chi connectivity index (χ1v) is 7.21. The van der Waals surface area contributed by atoms with Gasteiger partial charge in [-0.3, -0.25) is 0 Å². The van der Waals surface area contributed by atoms with Crippen LogP contribution in [0.1, 0.15) is 25.7 Å². The molecule has 2 rings (SSSR count). The summed E-state index contributed by atoms with van der Waals surface area (Å²) in [6.07, 6.45) is 4.77. The van der Waals surface area contributed by atoms with Gasteiger partial charge in [0.05, 0.1) is 4.90 Å². The van der Waals surface area contributed by atoms with E-state index in [1.807, 2.05) is 6.07 Å². The van der Waals surface area contributed by atoms with Crippen LogP contribution < -0.4 is 4.72 Å². The van der Waals surface area contributed by atoms with Gasteiger partial charge in [-0.2, -0.15) is 0 Å². The highest BCUT2D eigenvalue weighted by molar-refractivity contribution is 7.89. The van der Waals surface area contributed by atoms with Crippen LogP contribution in [0, 0.1) is 5.92 Å². The lowest BCUT2D eigenvalue weighted by Gasteiger charge is -2.10. The van der Waals surface area contributed by atoms with Gasteiger partial charge in [-0.15, -0.1) is 0 Å². The van der Waals surface area contributed by atoms with Crippen LogP contribution >= 0.6 is 0 Å². The van der Waals surface area contributed by atoms with E-state index >= 15 is 0 Å². The fraction of sp³-hybridized carbons (Fsp3) is 0.500. The van der Waals surface area contributed by atoms with Crippen molar-refractivity contribution in [1.82, 2.24) is 4.72 Å². The van der Waals surface area contributed by atoms with Gasteiger partial charge in [-0.05, 0) is 30.9 Å². The first kappa shape index (κ1) is 11.6. The van der Waals surface area contributed by atoms with E-state index in [0.717, 1.165) is 12.8 Å². The molecule has 0 aliphatic heterocycles. The predicted octanol–water partition coefficient (Wildman–Crippen LogP) is 2.16. The molecule has 16 heavy (non-hydrogen) atoms. The van der Waals surface area contributed by atoms with Crippen molar-refractivity contribution >= 4 is 10.0 Å². The van der Waals surface area contributed by atoms with Crippen LogP contribution in [-0.2, 0) is 10.0 Å². The summed E-state index contributed by atoms with van der Waals surface area (Å²) >= 11 is 0. The molecular weight excluding hydrogens is 222 g/mol. The molecule has 1 aromatic carbocycles. The highest BCUT2D eigenvalue weighted by atomic mass is 32.2. The van der Waals surface area contributed by atoms with E-state index in [0.29, 0.717) is 17.4 Å². The Kier molecular flexibility index (Phi) is 3.61. The van der Waals surface area contributed by atoms with Crippen molar-refractivity contribution in [2.45, 2.75) is 30.6 Å². The third-order valence-electron chi connectivity index (χ3n) is 3.09. The van der Waals surface area contributed by atoms with Gasteiger partial charge < -0.3 is 0 Å². The maximum absolute atomic E-state index is 11.9. The minimum Gasteiger partial charge on any atom is -0.211 e. The van der Waals surface area contributed by atoms with Gasteiger partial charge in [0.15, 0.2) is 0 Å². The third-order valence-corrected chi connectivity index (χ3v) is 4.53. The van der Waals surface area contributed by atoms with Gasteiger partial charge in [-0.25, -0.2) is 13.1 Å². The van der Waals surface area contributed by atoms with Crippen molar-refractivity contribution in [3.05, 3.63) is 30.3 Å². The maximum atomic E-state index is 11.9. The smallest absolute Gasteiger partial charge is 0.211 e. The van der Waals surface area contributed by atoms with Crippen molar-refractivity contribution in [2.75, 3.05) is 6.54 Å². The van der Waals surface area contributed by atoms with Crippen molar-refractivity contribution in [2.24, 2.45) is 5.92 Å². The Bertz CT molecular complexity index is 422. The molecule has 1 aliphatic carbocycles. The number of hydrogen-bond acceptors (Lipinski definition) is 2. The SMILES string of the molecule is O=S(=O)(NCC1CCCC1)c1ccccc1. The fourth-order valence-corrected chi connectivity index (χ4v) is 3.26. The van der Waals surface area contributed by atoms with Crippen molar-refractivity contribution in [1.29, 1.82) is 0 Å². The second kappa shape index (κ2) is 4.97. The Morgan fingerprint density at radius 3 is 2.38 bits per heavy atom.